The lowest BCUT2D eigenvalue weighted by Gasteiger charge is -2.07. The molecule has 1 heterocycles. The highest BCUT2D eigenvalue weighted by Crippen LogP contribution is 2.18. The summed E-state index contributed by atoms with van der Waals surface area (Å²) in [5.74, 6) is 0. The molecular weight excluding hydrogens is 234 g/mol. The predicted molar refractivity (Wildman–Crippen MR) is 67.7 cm³/mol. The van der Waals surface area contributed by atoms with E-state index in [-0.39, 0.29) is 0 Å². The number of aromatic nitrogens is 1. The average Bonchev–Trinajstić information content (AvgIpc) is 2.38. The van der Waals surface area contributed by atoms with Crippen LogP contribution in [0.5, 0.6) is 0 Å². The van der Waals surface area contributed by atoms with Gasteiger partial charge in [0.05, 0.1) is 17.3 Å². The van der Waals surface area contributed by atoms with Crippen LogP contribution in [0.1, 0.15) is 11.1 Å². The number of nitrogens with zero attached hydrogens (tertiary/aromatic N) is 2. The van der Waals surface area contributed by atoms with Crippen LogP contribution in [0.2, 0.25) is 5.15 Å². The van der Waals surface area contributed by atoms with Crippen LogP contribution >= 0.6 is 11.6 Å². The molecule has 1 N–H and O–H groups in total. The van der Waals surface area contributed by atoms with Crippen LogP contribution in [0, 0.1) is 11.3 Å². The molecule has 0 aliphatic rings. The van der Waals surface area contributed by atoms with E-state index in [2.05, 4.69) is 16.4 Å². The Morgan fingerprint density at radius 1 is 1.24 bits per heavy atom. The number of anilines is 1. The Morgan fingerprint density at radius 2 is 2.00 bits per heavy atom. The number of rotatable bonds is 3. The molecule has 0 saturated heterocycles. The fraction of sp³-hybridized carbons (Fsp3) is 0.0769. The Labute approximate surface area is 105 Å². The normalized spacial score (nSPS) is 9.65. The van der Waals surface area contributed by atoms with Crippen molar-refractivity contribution >= 4 is 17.3 Å². The summed E-state index contributed by atoms with van der Waals surface area (Å²) in [6.45, 7) is 0.650. The van der Waals surface area contributed by atoms with Crippen molar-refractivity contribution in [3.63, 3.8) is 0 Å². The summed E-state index contributed by atoms with van der Waals surface area (Å²) in [5.41, 5.74) is 2.55. The zero-order chi connectivity index (χ0) is 12.1. The van der Waals surface area contributed by atoms with E-state index in [0.29, 0.717) is 17.3 Å². The van der Waals surface area contributed by atoms with Gasteiger partial charge in [0.25, 0.3) is 0 Å². The predicted octanol–water partition coefficient (Wildman–Crippen LogP) is 3.22. The summed E-state index contributed by atoms with van der Waals surface area (Å²) in [6.07, 6.45) is 1.65. The summed E-state index contributed by atoms with van der Waals surface area (Å²) in [5, 5.41) is 12.3. The van der Waals surface area contributed by atoms with Gasteiger partial charge in [-0.25, -0.2) is 4.98 Å². The maximum atomic E-state index is 8.68. The first-order valence-electron chi connectivity index (χ1n) is 5.13. The fourth-order valence-corrected chi connectivity index (χ4v) is 1.60. The molecule has 84 valence electrons. The van der Waals surface area contributed by atoms with Gasteiger partial charge in [-0.05, 0) is 29.8 Å². The number of halogens is 1. The zero-order valence-corrected chi connectivity index (χ0v) is 9.78. The lowest BCUT2D eigenvalue weighted by atomic mass is 10.1. The third kappa shape index (κ3) is 2.96. The van der Waals surface area contributed by atoms with Gasteiger partial charge >= 0.3 is 0 Å². The molecule has 0 spiro atoms. The molecule has 1 aromatic heterocycles. The lowest BCUT2D eigenvalue weighted by molar-refractivity contribution is 1.14. The molecule has 17 heavy (non-hydrogen) atoms. The quantitative estimate of drug-likeness (QED) is 0.842. The first kappa shape index (κ1) is 11.4. The van der Waals surface area contributed by atoms with E-state index >= 15 is 0 Å². The molecule has 0 atom stereocenters. The SMILES string of the molecule is N#Cc1ccc(CNc2cccnc2Cl)cc1. The van der Waals surface area contributed by atoms with Gasteiger partial charge in [0.2, 0.25) is 0 Å². The third-order valence-corrected chi connectivity index (χ3v) is 2.63. The molecule has 0 aliphatic carbocycles. The van der Waals surface area contributed by atoms with E-state index in [1.807, 2.05) is 24.3 Å². The molecular formula is C13H10ClN3. The van der Waals surface area contributed by atoms with E-state index in [1.165, 1.54) is 0 Å². The fourth-order valence-electron chi connectivity index (χ4n) is 1.41. The number of benzene rings is 1. The number of pyridine rings is 1. The van der Waals surface area contributed by atoms with Crippen molar-refractivity contribution < 1.29 is 0 Å². The second kappa shape index (κ2) is 5.33. The third-order valence-electron chi connectivity index (χ3n) is 2.33. The monoisotopic (exact) mass is 243 g/mol. The van der Waals surface area contributed by atoms with Gasteiger partial charge in [0, 0.05) is 12.7 Å². The Bertz CT molecular complexity index is 543. The second-order valence-corrected chi connectivity index (χ2v) is 3.86. The molecule has 2 aromatic rings. The van der Waals surface area contributed by atoms with E-state index in [0.717, 1.165) is 11.3 Å². The van der Waals surface area contributed by atoms with Crippen LogP contribution < -0.4 is 5.32 Å². The molecule has 0 aliphatic heterocycles. The van der Waals surface area contributed by atoms with Gasteiger partial charge < -0.3 is 5.32 Å². The molecule has 0 amide bonds. The Morgan fingerprint density at radius 3 is 2.65 bits per heavy atom. The number of nitrogens with one attached hydrogen (secondary N) is 1. The zero-order valence-electron chi connectivity index (χ0n) is 9.02. The van der Waals surface area contributed by atoms with Crippen molar-refractivity contribution in [1.29, 1.82) is 5.26 Å². The van der Waals surface area contributed by atoms with Gasteiger partial charge in [0.15, 0.2) is 5.15 Å². The molecule has 0 radical (unpaired) electrons. The average molecular weight is 244 g/mol. The van der Waals surface area contributed by atoms with E-state index < -0.39 is 0 Å². The van der Waals surface area contributed by atoms with Gasteiger partial charge in [-0.15, -0.1) is 0 Å². The van der Waals surface area contributed by atoms with Crippen molar-refractivity contribution in [1.82, 2.24) is 4.98 Å². The molecule has 2 rings (SSSR count). The highest BCUT2D eigenvalue weighted by molar-refractivity contribution is 6.31. The van der Waals surface area contributed by atoms with Gasteiger partial charge in [-0.2, -0.15) is 5.26 Å². The van der Waals surface area contributed by atoms with Crippen LogP contribution in [0.3, 0.4) is 0 Å². The summed E-state index contributed by atoms with van der Waals surface area (Å²) < 4.78 is 0. The minimum absolute atomic E-state index is 0.459. The largest absolute Gasteiger partial charge is 0.378 e. The topological polar surface area (TPSA) is 48.7 Å². The second-order valence-electron chi connectivity index (χ2n) is 3.50. The van der Waals surface area contributed by atoms with Crippen LogP contribution in [0.25, 0.3) is 0 Å². The maximum Gasteiger partial charge on any atom is 0.152 e. The Hall–Kier alpha value is -2.05. The van der Waals surface area contributed by atoms with Gasteiger partial charge in [-0.3, -0.25) is 0 Å². The number of hydrogen-bond acceptors (Lipinski definition) is 3. The summed E-state index contributed by atoms with van der Waals surface area (Å²) in [6, 6.07) is 13.2. The lowest BCUT2D eigenvalue weighted by Crippen LogP contribution is -2.00. The van der Waals surface area contributed by atoms with Crippen molar-refractivity contribution in [2.45, 2.75) is 6.54 Å². The van der Waals surface area contributed by atoms with Gasteiger partial charge in [-0.1, -0.05) is 23.7 Å². The van der Waals surface area contributed by atoms with E-state index in [9.17, 15) is 0 Å². The summed E-state index contributed by atoms with van der Waals surface area (Å²) >= 11 is 5.92. The molecule has 3 nitrogen and oxygen atoms in total. The van der Waals surface area contributed by atoms with E-state index in [4.69, 9.17) is 16.9 Å². The Kier molecular flexibility index (Phi) is 3.59. The van der Waals surface area contributed by atoms with Crippen LogP contribution in [-0.2, 0) is 6.54 Å². The minimum atomic E-state index is 0.459. The molecule has 0 bridgehead atoms. The molecule has 4 heteroatoms. The summed E-state index contributed by atoms with van der Waals surface area (Å²) in [7, 11) is 0. The van der Waals surface area contributed by atoms with Crippen molar-refractivity contribution in [2.24, 2.45) is 0 Å². The molecule has 1 aromatic carbocycles. The highest BCUT2D eigenvalue weighted by Gasteiger charge is 1.99. The van der Waals surface area contributed by atoms with Crippen molar-refractivity contribution in [2.75, 3.05) is 5.32 Å². The summed E-state index contributed by atoms with van der Waals surface area (Å²) in [4.78, 5) is 3.98. The molecule has 0 fully saturated rings. The number of nitriles is 1. The Balaban J connectivity index is 2.03. The van der Waals surface area contributed by atoms with Gasteiger partial charge in [0.1, 0.15) is 0 Å². The minimum Gasteiger partial charge on any atom is -0.378 e. The van der Waals surface area contributed by atoms with Crippen molar-refractivity contribution in [3.05, 3.63) is 58.9 Å². The molecule has 0 unspecified atom stereocenters. The molecule has 0 saturated carbocycles. The highest BCUT2D eigenvalue weighted by atomic mass is 35.5. The number of hydrogen-bond donors (Lipinski definition) is 1. The first-order chi connectivity index (χ1) is 8.29. The van der Waals surface area contributed by atoms with Crippen LogP contribution in [-0.4, -0.2) is 4.98 Å². The standard InChI is InChI=1S/C13H10ClN3/c14-13-12(2-1-7-16-13)17-9-11-5-3-10(8-15)4-6-11/h1-7,17H,9H2. The maximum absolute atomic E-state index is 8.68. The van der Waals surface area contributed by atoms with Crippen LogP contribution in [0.4, 0.5) is 5.69 Å². The first-order valence-corrected chi connectivity index (χ1v) is 5.51. The van der Waals surface area contributed by atoms with E-state index in [1.54, 1.807) is 18.3 Å². The van der Waals surface area contributed by atoms with Crippen LogP contribution in [0.15, 0.2) is 42.6 Å². The smallest absolute Gasteiger partial charge is 0.152 e. The van der Waals surface area contributed by atoms with Crippen molar-refractivity contribution in [3.8, 4) is 6.07 Å².